The Morgan fingerprint density at radius 3 is 2.45 bits per heavy atom. The van der Waals surface area contributed by atoms with Crippen molar-refractivity contribution in [2.24, 2.45) is 0 Å². The molecule has 0 aliphatic heterocycles. The molecule has 1 aliphatic carbocycles. The number of halogens is 2. The summed E-state index contributed by atoms with van der Waals surface area (Å²) in [6, 6.07) is 8.86. The predicted molar refractivity (Wildman–Crippen MR) is 89.2 cm³/mol. The van der Waals surface area contributed by atoms with Crippen LogP contribution in [-0.4, -0.2) is 17.1 Å². The second-order valence-electron chi connectivity index (χ2n) is 5.03. The molecule has 2 amide bonds. The quantitative estimate of drug-likeness (QED) is 0.774. The molecule has 1 aliphatic rings. The van der Waals surface area contributed by atoms with Crippen LogP contribution in [0.15, 0.2) is 36.5 Å². The Morgan fingerprint density at radius 2 is 1.86 bits per heavy atom. The van der Waals surface area contributed by atoms with E-state index in [0.29, 0.717) is 27.6 Å². The highest BCUT2D eigenvalue weighted by molar-refractivity contribution is 6.39. The minimum absolute atomic E-state index is 0.232. The number of anilines is 3. The maximum Gasteiger partial charge on any atom is 0.320 e. The molecular formula is C15H14Cl2N4O. The Hall–Kier alpha value is -1.98. The van der Waals surface area contributed by atoms with Gasteiger partial charge >= 0.3 is 6.03 Å². The summed E-state index contributed by atoms with van der Waals surface area (Å²) in [7, 11) is 0. The van der Waals surface area contributed by atoms with Crippen molar-refractivity contribution in [2.45, 2.75) is 18.9 Å². The van der Waals surface area contributed by atoms with E-state index in [1.54, 1.807) is 36.5 Å². The predicted octanol–water partition coefficient (Wildman–Crippen LogP) is 4.42. The smallest absolute Gasteiger partial charge is 0.320 e. The van der Waals surface area contributed by atoms with Crippen LogP contribution in [0.2, 0.25) is 10.0 Å². The maximum atomic E-state index is 11.6. The number of hydrogen-bond donors (Lipinski definition) is 3. The minimum atomic E-state index is -0.232. The molecule has 1 aromatic carbocycles. The molecule has 0 bridgehead atoms. The Labute approximate surface area is 138 Å². The second-order valence-corrected chi connectivity index (χ2v) is 5.84. The van der Waals surface area contributed by atoms with E-state index in [2.05, 4.69) is 20.9 Å². The normalized spacial score (nSPS) is 13.5. The largest absolute Gasteiger partial charge is 0.352 e. The molecule has 2 aromatic rings. The molecule has 0 atom stereocenters. The first-order chi connectivity index (χ1) is 10.6. The third-order valence-corrected chi connectivity index (χ3v) is 3.78. The molecule has 0 spiro atoms. The van der Waals surface area contributed by atoms with Crippen molar-refractivity contribution in [3.63, 3.8) is 0 Å². The average Bonchev–Trinajstić information content (AvgIpc) is 3.29. The number of para-hydroxylation sites is 1. The summed E-state index contributed by atoms with van der Waals surface area (Å²) < 4.78 is 0. The van der Waals surface area contributed by atoms with Crippen LogP contribution >= 0.6 is 23.2 Å². The van der Waals surface area contributed by atoms with Crippen LogP contribution in [0.4, 0.5) is 22.0 Å². The van der Waals surface area contributed by atoms with Gasteiger partial charge in [-0.25, -0.2) is 9.78 Å². The molecule has 1 heterocycles. The lowest BCUT2D eigenvalue weighted by molar-refractivity contribution is 0.251. The molecule has 3 N–H and O–H groups in total. The molecule has 0 saturated heterocycles. The van der Waals surface area contributed by atoms with Crippen LogP contribution < -0.4 is 16.0 Å². The topological polar surface area (TPSA) is 66.0 Å². The molecule has 3 rings (SSSR count). The first-order valence-electron chi connectivity index (χ1n) is 6.86. The molecule has 0 unspecified atom stereocenters. The van der Waals surface area contributed by atoms with Gasteiger partial charge in [0.05, 0.1) is 27.6 Å². The van der Waals surface area contributed by atoms with Crippen molar-refractivity contribution in [3.05, 3.63) is 46.6 Å². The molecule has 5 nitrogen and oxygen atoms in total. The summed E-state index contributed by atoms with van der Waals surface area (Å²) in [6.07, 6.45) is 3.69. The first kappa shape index (κ1) is 14.9. The van der Waals surface area contributed by atoms with Crippen LogP contribution in [0, 0.1) is 0 Å². The number of benzene rings is 1. The summed E-state index contributed by atoms with van der Waals surface area (Å²) in [5.74, 6) is 0.481. The summed E-state index contributed by atoms with van der Waals surface area (Å²) in [6.45, 7) is 0. The van der Waals surface area contributed by atoms with Gasteiger partial charge in [-0.3, -0.25) is 5.32 Å². The van der Waals surface area contributed by atoms with E-state index in [-0.39, 0.29) is 6.03 Å². The molecule has 114 valence electrons. The van der Waals surface area contributed by atoms with Crippen molar-refractivity contribution < 1.29 is 4.79 Å². The Kier molecular flexibility index (Phi) is 4.36. The van der Waals surface area contributed by atoms with Crippen molar-refractivity contribution in [1.82, 2.24) is 10.3 Å². The Morgan fingerprint density at radius 1 is 1.14 bits per heavy atom. The first-order valence-corrected chi connectivity index (χ1v) is 7.62. The van der Waals surface area contributed by atoms with Gasteiger partial charge in [0.15, 0.2) is 0 Å². The number of urea groups is 1. The third-order valence-electron chi connectivity index (χ3n) is 3.15. The van der Waals surface area contributed by atoms with Gasteiger partial charge in [0.2, 0.25) is 0 Å². The fraction of sp³-hybridized carbons (Fsp3) is 0.200. The summed E-state index contributed by atoms with van der Waals surface area (Å²) in [4.78, 5) is 15.8. The van der Waals surface area contributed by atoms with Gasteiger partial charge in [-0.05, 0) is 37.1 Å². The minimum Gasteiger partial charge on any atom is -0.352 e. The molecule has 1 fully saturated rings. The van der Waals surface area contributed by atoms with Gasteiger partial charge < -0.3 is 10.6 Å². The van der Waals surface area contributed by atoms with E-state index in [9.17, 15) is 4.79 Å². The molecular weight excluding hydrogens is 323 g/mol. The van der Waals surface area contributed by atoms with Gasteiger partial charge in [0.1, 0.15) is 5.82 Å². The highest BCUT2D eigenvalue weighted by Gasteiger charge is 2.23. The highest BCUT2D eigenvalue weighted by Crippen LogP contribution is 2.32. The standard InChI is InChI=1S/C15H14Cl2N4O/c16-11-2-1-3-12(17)14(11)19-10-6-7-13(18-8-10)21-15(22)20-9-4-5-9/h1-3,6-9,19H,4-5H2,(H2,18,20,21,22). The molecule has 1 saturated carbocycles. The number of nitrogens with zero attached hydrogens (tertiary/aromatic N) is 1. The van der Waals surface area contributed by atoms with Crippen molar-refractivity contribution in [1.29, 1.82) is 0 Å². The highest BCUT2D eigenvalue weighted by atomic mass is 35.5. The number of aromatic nitrogens is 1. The van der Waals surface area contributed by atoms with E-state index in [0.717, 1.165) is 18.5 Å². The fourth-order valence-electron chi connectivity index (χ4n) is 1.87. The number of pyridine rings is 1. The number of rotatable bonds is 4. The van der Waals surface area contributed by atoms with Gasteiger partial charge in [-0.1, -0.05) is 29.3 Å². The third kappa shape index (κ3) is 3.81. The van der Waals surface area contributed by atoms with Crippen LogP contribution in [0.5, 0.6) is 0 Å². The number of hydrogen-bond acceptors (Lipinski definition) is 3. The van der Waals surface area contributed by atoms with Crippen LogP contribution in [0.1, 0.15) is 12.8 Å². The van der Waals surface area contributed by atoms with E-state index in [1.807, 2.05) is 0 Å². The van der Waals surface area contributed by atoms with Gasteiger partial charge in [0, 0.05) is 6.04 Å². The number of carbonyl (C=O) groups is 1. The zero-order valence-electron chi connectivity index (χ0n) is 11.6. The Bertz CT molecular complexity index is 666. The number of carbonyl (C=O) groups excluding carboxylic acids is 1. The molecule has 1 aromatic heterocycles. The van der Waals surface area contributed by atoms with Crippen LogP contribution in [0.25, 0.3) is 0 Å². The summed E-state index contributed by atoms with van der Waals surface area (Å²) >= 11 is 12.2. The Balaban J connectivity index is 1.64. The SMILES string of the molecule is O=C(Nc1ccc(Nc2c(Cl)cccc2Cl)cn1)NC1CC1. The van der Waals surface area contributed by atoms with E-state index in [1.165, 1.54) is 0 Å². The molecule has 22 heavy (non-hydrogen) atoms. The lowest BCUT2D eigenvalue weighted by Gasteiger charge is -2.11. The van der Waals surface area contributed by atoms with Crippen LogP contribution in [-0.2, 0) is 0 Å². The van der Waals surface area contributed by atoms with E-state index < -0.39 is 0 Å². The van der Waals surface area contributed by atoms with Gasteiger partial charge in [-0.2, -0.15) is 0 Å². The lowest BCUT2D eigenvalue weighted by Crippen LogP contribution is -2.30. The van der Waals surface area contributed by atoms with Crippen molar-refractivity contribution >= 4 is 46.4 Å². The van der Waals surface area contributed by atoms with Gasteiger partial charge in [-0.15, -0.1) is 0 Å². The maximum absolute atomic E-state index is 11.6. The lowest BCUT2D eigenvalue weighted by atomic mass is 10.3. The van der Waals surface area contributed by atoms with E-state index >= 15 is 0 Å². The monoisotopic (exact) mass is 336 g/mol. The van der Waals surface area contributed by atoms with Crippen molar-refractivity contribution in [2.75, 3.05) is 10.6 Å². The van der Waals surface area contributed by atoms with E-state index in [4.69, 9.17) is 23.2 Å². The number of nitrogens with one attached hydrogen (secondary N) is 3. The fourth-order valence-corrected chi connectivity index (χ4v) is 2.36. The number of amides is 2. The zero-order valence-corrected chi connectivity index (χ0v) is 13.1. The molecule has 7 heteroatoms. The second kappa shape index (κ2) is 6.42. The van der Waals surface area contributed by atoms with Crippen LogP contribution in [0.3, 0.4) is 0 Å². The zero-order chi connectivity index (χ0) is 15.5. The average molecular weight is 337 g/mol. The molecule has 0 radical (unpaired) electrons. The van der Waals surface area contributed by atoms with Gasteiger partial charge in [0.25, 0.3) is 0 Å². The summed E-state index contributed by atoms with van der Waals surface area (Å²) in [5.41, 5.74) is 1.35. The van der Waals surface area contributed by atoms with Crippen molar-refractivity contribution in [3.8, 4) is 0 Å². The summed E-state index contributed by atoms with van der Waals surface area (Å²) in [5, 5.41) is 9.68.